The van der Waals surface area contributed by atoms with Gasteiger partial charge >= 0.3 is 5.97 Å². The number of hydrogen-bond donors (Lipinski definition) is 1. The lowest BCUT2D eigenvalue weighted by atomic mass is 10.2. The minimum atomic E-state index is -0.106. The normalized spacial score (nSPS) is 10.1. The van der Waals surface area contributed by atoms with Crippen molar-refractivity contribution in [3.8, 4) is 0 Å². The number of carbonyl (C=O) groups is 1. The van der Waals surface area contributed by atoms with Gasteiger partial charge in [-0.3, -0.25) is 4.79 Å². The lowest BCUT2D eigenvalue weighted by Crippen LogP contribution is -2.31. The molecule has 0 heterocycles. The summed E-state index contributed by atoms with van der Waals surface area (Å²) in [5.74, 6) is 5.82. The summed E-state index contributed by atoms with van der Waals surface area (Å²) in [7, 11) is 0. The van der Waals surface area contributed by atoms with Crippen molar-refractivity contribution in [1.82, 2.24) is 0 Å². The molecule has 0 fully saturated rings. The smallest absolute Gasteiger partial charge is 0.305 e. The first kappa shape index (κ1) is 14.5. The topological polar surface area (TPSA) is 55.6 Å². The molecule has 1 aromatic rings. The molecule has 0 atom stereocenters. The molecule has 0 bridgehead atoms. The number of benzene rings is 1. The number of esters is 1. The molecule has 0 aromatic heterocycles. The Bertz CT molecular complexity index is 341. The van der Waals surface area contributed by atoms with Gasteiger partial charge in [0.15, 0.2) is 0 Å². The Morgan fingerprint density at radius 3 is 2.61 bits per heavy atom. The Balaban J connectivity index is 2.09. The lowest BCUT2D eigenvalue weighted by molar-refractivity contribution is -0.143. The van der Waals surface area contributed by atoms with E-state index in [2.05, 4.69) is 0 Å². The molecular formula is C14H22N2O2. The van der Waals surface area contributed by atoms with Gasteiger partial charge in [0.2, 0.25) is 0 Å². The van der Waals surface area contributed by atoms with Gasteiger partial charge in [0.1, 0.15) is 0 Å². The highest BCUT2D eigenvalue weighted by Crippen LogP contribution is 2.10. The van der Waals surface area contributed by atoms with Gasteiger partial charge in [-0.1, -0.05) is 24.6 Å². The van der Waals surface area contributed by atoms with E-state index in [1.165, 1.54) is 0 Å². The van der Waals surface area contributed by atoms with E-state index in [1.807, 2.05) is 37.3 Å². The Labute approximate surface area is 109 Å². The third-order valence-electron chi connectivity index (χ3n) is 2.67. The van der Waals surface area contributed by atoms with Crippen molar-refractivity contribution in [2.45, 2.75) is 32.6 Å². The first-order valence-corrected chi connectivity index (χ1v) is 6.47. The van der Waals surface area contributed by atoms with Gasteiger partial charge in [0.25, 0.3) is 0 Å². The minimum Gasteiger partial charge on any atom is -0.466 e. The Kier molecular flexibility index (Phi) is 6.87. The molecule has 4 heteroatoms. The zero-order chi connectivity index (χ0) is 13.2. The highest BCUT2D eigenvalue weighted by atomic mass is 16.5. The van der Waals surface area contributed by atoms with Crippen molar-refractivity contribution in [1.29, 1.82) is 0 Å². The third kappa shape index (κ3) is 5.68. The van der Waals surface area contributed by atoms with Crippen molar-refractivity contribution in [3.05, 3.63) is 30.3 Å². The summed E-state index contributed by atoms with van der Waals surface area (Å²) in [5.41, 5.74) is 1.02. The Morgan fingerprint density at radius 1 is 1.22 bits per heavy atom. The van der Waals surface area contributed by atoms with Crippen LogP contribution in [0.25, 0.3) is 0 Å². The first-order chi connectivity index (χ1) is 8.74. The van der Waals surface area contributed by atoms with Crippen molar-refractivity contribution >= 4 is 11.7 Å². The molecule has 2 N–H and O–H groups in total. The highest BCUT2D eigenvalue weighted by molar-refractivity contribution is 5.69. The molecule has 0 spiro atoms. The van der Waals surface area contributed by atoms with E-state index in [1.54, 1.807) is 5.01 Å². The number of hydrogen-bond acceptors (Lipinski definition) is 4. The monoisotopic (exact) mass is 250 g/mol. The van der Waals surface area contributed by atoms with Crippen LogP contribution >= 0.6 is 0 Å². The van der Waals surface area contributed by atoms with Crippen LogP contribution in [-0.2, 0) is 9.53 Å². The first-order valence-electron chi connectivity index (χ1n) is 6.47. The second kappa shape index (κ2) is 8.53. The minimum absolute atomic E-state index is 0.106. The number of nitrogens with zero attached hydrogens (tertiary/aromatic N) is 1. The number of para-hydroxylation sites is 1. The second-order valence-electron chi connectivity index (χ2n) is 4.14. The summed E-state index contributed by atoms with van der Waals surface area (Å²) in [6, 6.07) is 9.87. The fraction of sp³-hybridized carbons (Fsp3) is 0.500. The largest absolute Gasteiger partial charge is 0.466 e. The number of rotatable bonds is 8. The number of anilines is 1. The average Bonchev–Trinajstić information content (AvgIpc) is 2.39. The molecule has 0 aliphatic heterocycles. The maximum Gasteiger partial charge on any atom is 0.305 e. The predicted molar refractivity (Wildman–Crippen MR) is 73.1 cm³/mol. The number of carbonyl (C=O) groups excluding carboxylic acids is 1. The zero-order valence-corrected chi connectivity index (χ0v) is 11.0. The van der Waals surface area contributed by atoms with Crippen molar-refractivity contribution in [2.75, 3.05) is 18.2 Å². The van der Waals surface area contributed by atoms with Crippen molar-refractivity contribution < 1.29 is 9.53 Å². The summed E-state index contributed by atoms with van der Waals surface area (Å²) in [4.78, 5) is 11.1. The lowest BCUT2D eigenvalue weighted by Gasteiger charge is -2.18. The number of hydrazine groups is 1. The fourth-order valence-electron chi connectivity index (χ4n) is 1.71. The summed E-state index contributed by atoms with van der Waals surface area (Å²) in [5, 5.41) is 1.74. The van der Waals surface area contributed by atoms with Crippen LogP contribution in [0.5, 0.6) is 0 Å². The van der Waals surface area contributed by atoms with Crippen LogP contribution in [0, 0.1) is 0 Å². The Hall–Kier alpha value is -1.55. The van der Waals surface area contributed by atoms with E-state index in [0.717, 1.165) is 31.5 Å². The van der Waals surface area contributed by atoms with Crippen LogP contribution in [-0.4, -0.2) is 19.1 Å². The molecule has 0 aliphatic carbocycles. The summed E-state index contributed by atoms with van der Waals surface area (Å²) < 4.78 is 4.86. The van der Waals surface area contributed by atoms with E-state index in [-0.39, 0.29) is 5.97 Å². The summed E-state index contributed by atoms with van der Waals surface area (Å²) in [6.45, 7) is 3.08. The maximum absolute atomic E-state index is 11.1. The van der Waals surface area contributed by atoms with E-state index < -0.39 is 0 Å². The van der Waals surface area contributed by atoms with Gasteiger partial charge in [-0.2, -0.15) is 0 Å². The molecule has 0 aliphatic rings. The predicted octanol–water partition coefficient (Wildman–Crippen LogP) is 2.49. The van der Waals surface area contributed by atoms with Crippen molar-refractivity contribution in [3.63, 3.8) is 0 Å². The second-order valence-corrected chi connectivity index (χ2v) is 4.14. The van der Waals surface area contributed by atoms with Gasteiger partial charge in [-0.05, 0) is 31.9 Å². The molecule has 0 saturated carbocycles. The third-order valence-corrected chi connectivity index (χ3v) is 2.67. The molecule has 0 unspecified atom stereocenters. The standard InChI is InChI=1S/C14H22N2O2/c1-2-18-14(17)11-7-4-8-12-16(15)13-9-5-3-6-10-13/h3,5-6,9-10H,2,4,7-8,11-12,15H2,1H3. The highest BCUT2D eigenvalue weighted by Gasteiger charge is 2.02. The van der Waals surface area contributed by atoms with E-state index in [9.17, 15) is 4.79 Å². The number of nitrogens with two attached hydrogens (primary N) is 1. The van der Waals surface area contributed by atoms with Crippen LogP contribution in [0.3, 0.4) is 0 Å². The van der Waals surface area contributed by atoms with Crippen molar-refractivity contribution in [2.24, 2.45) is 5.84 Å². The number of ether oxygens (including phenoxy) is 1. The van der Waals surface area contributed by atoms with E-state index in [0.29, 0.717) is 13.0 Å². The van der Waals surface area contributed by atoms with Gasteiger partial charge < -0.3 is 9.75 Å². The molecule has 18 heavy (non-hydrogen) atoms. The van der Waals surface area contributed by atoms with E-state index in [4.69, 9.17) is 10.6 Å². The molecule has 100 valence electrons. The zero-order valence-electron chi connectivity index (χ0n) is 11.0. The maximum atomic E-state index is 11.1. The SMILES string of the molecule is CCOC(=O)CCCCCN(N)c1ccccc1. The molecule has 1 rings (SSSR count). The van der Waals surface area contributed by atoms with E-state index >= 15 is 0 Å². The van der Waals surface area contributed by atoms with Gasteiger partial charge in [0.05, 0.1) is 12.3 Å². The molecule has 0 amide bonds. The molecule has 4 nitrogen and oxygen atoms in total. The quantitative estimate of drug-likeness (QED) is 0.333. The van der Waals surface area contributed by atoms with Crippen LogP contribution in [0.4, 0.5) is 5.69 Å². The molecular weight excluding hydrogens is 228 g/mol. The molecule has 0 saturated heterocycles. The summed E-state index contributed by atoms with van der Waals surface area (Å²) in [6.07, 6.45) is 3.33. The van der Waals surface area contributed by atoms with Crippen LogP contribution in [0.15, 0.2) is 30.3 Å². The van der Waals surface area contributed by atoms with Crippen LogP contribution in [0.1, 0.15) is 32.6 Å². The van der Waals surface area contributed by atoms with Gasteiger partial charge in [-0.25, -0.2) is 5.84 Å². The fourth-order valence-corrected chi connectivity index (χ4v) is 1.71. The molecule has 0 radical (unpaired) electrons. The molecule has 1 aromatic carbocycles. The Morgan fingerprint density at radius 2 is 1.94 bits per heavy atom. The van der Waals surface area contributed by atoms with Gasteiger partial charge in [0, 0.05) is 13.0 Å². The summed E-state index contributed by atoms with van der Waals surface area (Å²) >= 11 is 0. The average molecular weight is 250 g/mol. The number of unbranched alkanes of at least 4 members (excludes halogenated alkanes) is 2. The van der Waals surface area contributed by atoms with Crippen LogP contribution in [0.2, 0.25) is 0 Å². The van der Waals surface area contributed by atoms with Gasteiger partial charge in [-0.15, -0.1) is 0 Å². The van der Waals surface area contributed by atoms with Crippen LogP contribution < -0.4 is 10.9 Å².